The first kappa shape index (κ1) is 23.7. The molecule has 1 amide bonds. The molecule has 0 spiro atoms. The third-order valence-corrected chi connectivity index (χ3v) is 6.96. The normalized spacial score (nSPS) is 14.8. The molecule has 186 valence electrons. The van der Waals surface area contributed by atoms with Crippen LogP contribution in [-0.4, -0.2) is 29.0 Å². The number of amides is 1. The van der Waals surface area contributed by atoms with Gasteiger partial charge in [-0.3, -0.25) is 4.79 Å². The highest BCUT2D eigenvalue weighted by molar-refractivity contribution is 5.89. The van der Waals surface area contributed by atoms with Gasteiger partial charge in [-0.2, -0.15) is 0 Å². The van der Waals surface area contributed by atoms with Crippen molar-refractivity contribution in [1.29, 1.82) is 0 Å². The third kappa shape index (κ3) is 4.34. The molecule has 0 aliphatic heterocycles. The number of ether oxygens (including phenoxy) is 1. The van der Waals surface area contributed by atoms with Crippen molar-refractivity contribution in [3.8, 4) is 5.75 Å². The van der Waals surface area contributed by atoms with Gasteiger partial charge in [0.1, 0.15) is 11.3 Å². The molecular formula is C28H27N2O6-. The van der Waals surface area contributed by atoms with Crippen LogP contribution in [0.4, 0.5) is 0 Å². The third-order valence-electron chi connectivity index (χ3n) is 6.96. The number of aromatic amines is 1. The molecule has 0 saturated carbocycles. The number of H-pyrrole nitrogens is 1. The van der Waals surface area contributed by atoms with Crippen molar-refractivity contribution >= 4 is 33.7 Å². The Hall–Kier alpha value is -4.07. The van der Waals surface area contributed by atoms with E-state index in [4.69, 9.17) is 9.15 Å². The number of rotatable bonds is 7. The number of hydrogen-bond donors (Lipinski definition) is 2. The fraction of sp³-hybridized carbons (Fsp3) is 0.321. The standard InChI is InChI=1S/C28H28N2O6/c1-15-24(12-11-20-19-8-3-4-9-21(19)28(34)36-25(15)20)35-16(2)26(31)30-23(27(32)33)13-17-14-29-22-10-6-5-7-18(17)22/h5-7,10-12,14,16,23,29H,3-4,8-9,13H2,1-2H3,(H,30,31)(H,32,33)/p-1/t16-,23+/m1/s1. The topological polar surface area (TPSA) is 124 Å². The maximum absolute atomic E-state index is 12.9. The van der Waals surface area contributed by atoms with Gasteiger partial charge >= 0.3 is 5.63 Å². The first-order valence-electron chi connectivity index (χ1n) is 12.1. The Morgan fingerprint density at radius 1 is 1.11 bits per heavy atom. The molecular weight excluding hydrogens is 460 g/mol. The quantitative estimate of drug-likeness (QED) is 0.386. The highest BCUT2D eigenvalue weighted by atomic mass is 16.5. The summed E-state index contributed by atoms with van der Waals surface area (Å²) in [6.45, 7) is 3.32. The molecule has 8 nitrogen and oxygen atoms in total. The molecule has 36 heavy (non-hydrogen) atoms. The minimum atomic E-state index is -1.38. The van der Waals surface area contributed by atoms with E-state index in [-0.39, 0.29) is 12.0 Å². The molecule has 4 aromatic rings. The smallest absolute Gasteiger partial charge is 0.339 e. The Morgan fingerprint density at radius 3 is 2.64 bits per heavy atom. The second-order valence-corrected chi connectivity index (χ2v) is 9.32. The van der Waals surface area contributed by atoms with E-state index in [2.05, 4.69) is 10.3 Å². The van der Waals surface area contributed by atoms with Crippen LogP contribution in [-0.2, 0) is 28.9 Å². The van der Waals surface area contributed by atoms with E-state index in [0.717, 1.165) is 58.7 Å². The molecule has 8 heteroatoms. The zero-order chi connectivity index (χ0) is 25.4. The van der Waals surface area contributed by atoms with Gasteiger partial charge in [0.15, 0.2) is 6.10 Å². The van der Waals surface area contributed by atoms with Gasteiger partial charge in [0, 0.05) is 40.0 Å². The summed E-state index contributed by atoms with van der Waals surface area (Å²) in [6, 6.07) is 9.92. The Labute approximate surface area is 207 Å². The molecule has 1 aliphatic carbocycles. The predicted molar refractivity (Wildman–Crippen MR) is 133 cm³/mol. The van der Waals surface area contributed by atoms with Crippen molar-refractivity contribution in [1.82, 2.24) is 10.3 Å². The molecule has 0 radical (unpaired) electrons. The van der Waals surface area contributed by atoms with Crippen LogP contribution >= 0.6 is 0 Å². The summed E-state index contributed by atoms with van der Waals surface area (Å²) >= 11 is 0. The summed E-state index contributed by atoms with van der Waals surface area (Å²) in [5.41, 5.74) is 4.17. The van der Waals surface area contributed by atoms with Gasteiger partial charge < -0.3 is 29.4 Å². The van der Waals surface area contributed by atoms with Crippen LogP contribution in [0.1, 0.15) is 42.0 Å². The number of carbonyl (C=O) groups excluding carboxylic acids is 2. The molecule has 2 aromatic carbocycles. The Balaban J connectivity index is 1.34. The number of para-hydroxylation sites is 1. The van der Waals surface area contributed by atoms with Crippen molar-refractivity contribution in [3.63, 3.8) is 0 Å². The summed E-state index contributed by atoms with van der Waals surface area (Å²) in [5, 5.41) is 16.1. The lowest BCUT2D eigenvalue weighted by atomic mass is 9.90. The lowest BCUT2D eigenvalue weighted by Gasteiger charge is -2.23. The highest BCUT2D eigenvalue weighted by Crippen LogP contribution is 2.33. The lowest BCUT2D eigenvalue weighted by molar-refractivity contribution is -0.308. The molecule has 0 bridgehead atoms. The highest BCUT2D eigenvalue weighted by Gasteiger charge is 2.24. The van der Waals surface area contributed by atoms with Gasteiger partial charge in [-0.25, -0.2) is 4.79 Å². The maximum Gasteiger partial charge on any atom is 0.339 e. The number of benzene rings is 2. The molecule has 1 aliphatic rings. The molecule has 2 atom stereocenters. The Kier molecular flexibility index (Phi) is 6.26. The van der Waals surface area contributed by atoms with E-state index in [9.17, 15) is 19.5 Å². The fourth-order valence-corrected chi connectivity index (χ4v) is 5.00. The molecule has 0 fully saturated rings. The zero-order valence-electron chi connectivity index (χ0n) is 20.2. The summed E-state index contributed by atoms with van der Waals surface area (Å²) in [6.07, 6.45) is 4.36. The second-order valence-electron chi connectivity index (χ2n) is 9.32. The van der Waals surface area contributed by atoms with Crippen LogP contribution in [0.5, 0.6) is 5.75 Å². The first-order valence-corrected chi connectivity index (χ1v) is 12.1. The van der Waals surface area contributed by atoms with Crippen LogP contribution in [0, 0.1) is 6.92 Å². The maximum atomic E-state index is 12.9. The van der Waals surface area contributed by atoms with Gasteiger partial charge in [0.05, 0.1) is 12.0 Å². The number of hydrogen-bond acceptors (Lipinski definition) is 6. The fourth-order valence-electron chi connectivity index (χ4n) is 5.00. The largest absolute Gasteiger partial charge is 0.548 e. The average molecular weight is 488 g/mol. The van der Waals surface area contributed by atoms with E-state index < -0.39 is 24.0 Å². The van der Waals surface area contributed by atoms with E-state index in [1.807, 2.05) is 30.3 Å². The van der Waals surface area contributed by atoms with Gasteiger partial charge in [-0.15, -0.1) is 0 Å². The number of carboxylic acid groups (broad SMARTS) is 1. The van der Waals surface area contributed by atoms with Crippen molar-refractivity contribution in [2.24, 2.45) is 0 Å². The number of aryl methyl sites for hydroxylation is 2. The van der Waals surface area contributed by atoms with Gasteiger partial charge in [0.25, 0.3) is 5.91 Å². The number of aromatic nitrogens is 1. The average Bonchev–Trinajstić information content (AvgIpc) is 3.28. The molecule has 5 rings (SSSR count). The molecule has 0 unspecified atom stereocenters. The first-order chi connectivity index (χ1) is 17.3. The monoisotopic (exact) mass is 487 g/mol. The number of aliphatic carboxylic acids is 1. The minimum Gasteiger partial charge on any atom is -0.548 e. The SMILES string of the molecule is Cc1c(O[C@H](C)C(=O)N[C@@H](Cc2c[nH]c3ccccc23)C(=O)[O-])ccc2c3c(c(=O)oc12)CCCC3. The summed E-state index contributed by atoms with van der Waals surface area (Å²) < 4.78 is 11.5. The number of fused-ring (bicyclic) bond motifs is 4. The van der Waals surface area contributed by atoms with Crippen LogP contribution in [0.2, 0.25) is 0 Å². The van der Waals surface area contributed by atoms with Crippen molar-refractivity contribution < 1.29 is 23.8 Å². The molecule has 0 saturated heterocycles. The molecule has 2 aromatic heterocycles. The Morgan fingerprint density at radius 2 is 1.86 bits per heavy atom. The van der Waals surface area contributed by atoms with Crippen molar-refractivity contribution in [3.05, 3.63) is 75.3 Å². The predicted octanol–water partition coefficient (Wildman–Crippen LogP) is 2.71. The van der Waals surface area contributed by atoms with E-state index in [1.165, 1.54) is 0 Å². The summed E-state index contributed by atoms with van der Waals surface area (Å²) in [5.74, 6) is -1.57. The van der Waals surface area contributed by atoms with E-state index >= 15 is 0 Å². The van der Waals surface area contributed by atoms with E-state index in [0.29, 0.717) is 16.9 Å². The number of carbonyl (C=O) groups is 2. The van der Waals surface area contributed by atoms with Crippen LogP contribution < -0.4 is 20.8 Å². The number of nitrogens with one attached hydrogen (secondary N) is 2. The van der Waals surface area contributed by atoms with Crippen LogP contribution in [0.25, 0.3) is 21.9 Å². The van der Waals surface area contributed by atoms with Crippen LogP contribution in [0.15, 0.2) is 51.8 Å². The summed E-state index contributed by atoms with van der Waals surface area (Å²) in [7, 11) is 0. The van der Waals surface area contributed by atoms with Gasteiger partial charge in [-0.05, 0) is 68.9 Å². The lowest BCUT2D eigenvalue weighted by Crippen LogP contribution is -2.52. The van der Waals surface area contributed by atoms with E-state index in [1.54, 1.807) is 26.1 Å². The van der Waals surface area contributed by atoms with Gasteiger partial charge in [-0.1, -0.05) is 18.2 Å². The Bertz CT molecular complexity index is 1530. The zero-order valence-corrected chi connectivity index (χ0v) is 20.2. The number of carboxylic acids is 1. The summed E-state index contributed by atoms with van der Waals surface area (Å²) in [4.78, 5) is 40.3. The minimum absolute atomic E-state index is 0.0656. The van der Waals surface area contributed by atoms with Crippen molar-refractivity contribution in [2.45, 2.75) is 58.1 Å². The van der Waals surface area contributed by atoms with Gasteiger partial charge in [0.2, 0.25) is 0 Å². The molecule has 2 heterocycles. The second kappa shape index (κ2) is 9.53. The van der Waals surface area contributed by atoms with Crippen LogP contribution in [0.3, 0.4) is 0 Å². The van der Waals surface area contributed by atoms with Crippen molar-refractivity contribution in [2.75, 3.05) is 0 Å². The molecule has 2 N–H and O–H groups in total.